The minimum absolute atomic E-state index is 0.326. The van der Waals surface area contributed by atoms with Gasteiger partial charge in [-0.05, 0) is 38.5 Å². The smallest absolute Gasteiger partial charge is 0.338 e. The Morgan fingerprint density at radius 2 is 1.00 bits per heavy atom. The Kier molecular flexibility index (Phi) is 9.28. The van der Waals surface area contributed by atoms with Crippen LogP contribution in [0.25, 0.3) is 0 Å². The Morgan fingerprint density at radius 1 is 0.727 bits per heavy atom. The zero-order valence-corrected chi connectivity index (χ0v) is 14.4. The number of hydrogen-bond acceptors (Lipinski definition) is 6. The molecule has 6 heteroatoms. The summed E-state index contributed by atoms with van der Waals surface area (Å²) in [5, 5.41) is 19.4. The van der Waals surface area contributed by atoms with Gasteiger partial charge < -0.3 is 19.7 Å². The number of ether oxygens (including phenoxy) is 2. The van der Waals surface area contributed by atoms with Crippen molar-refractivity contribution in [3.05, 3.63) is 0 Å². The molecule has 4 atom stereocenters. The molecule has 0 rings (SSSR count). The van der Waals surface area contributed by atoms with Crippen LogP contribution < -0.4 is 0 Å². The van der Waals surface area contributed by atoms with Crippen molar-refractivity contribution in [2.45, 2.75) is 78.8 Å². The maximum absolute atomic E-state index is 11.7. The Labute approximate surface area is 132 Å². The molecule has 0 aromatic carbocycles. The molecule has 0 aromatic rings. The summed E-state index contributed by atoms with van der Waals surface area (Å²) in [5.74, 6) is -1.39. The first kappa shape index (κ1) is 20.9. The molecule has 0 bridgehead atoms. The highest BCUT2D eigenvalue weighted by Gasteiger charge is 2.34. The van der Waals surface area contributed by atoms with Crippen LogP contribution in [0.15, 0.2) is 0 Å². The van der Waals surface area contributed by atoms with E-state index in [9.17, 15) is 19.8 Å². The molecule has 0 amide bonds. The van der Waals surface area contributed by atoms with E-state index in [1.807, 2.05) is 27.7 Å². The zero-order valence-electron chi connectivity index (χ0n) is 14.4. The van der Waals surface area contributed by atoms with Crippen molar-refractivity contribution in [1.82, 2.24) is 0 Å². The zero-order chi connectivity index (χ0) is 17.4. The standard InChI is InChI=1S/C16H30O6/c1-9(2)7-11(5)21-15(19)13(17)14(18)16(20)22-12(6)8-10(3)4/h9-14,17-18H,7-8H2,1-6H3. The topological polar surface area (TPSA) is 93.1 Å². The predicted octanol–water partition coefficient (Wildman–Crippen LogP) is 1.66. The molecular weight excluding hydrogens is 288 g/mol. The molecular formula is C16H30O6. The van der Waals surface area contributed by atoms with Gasteiger partial charge in [0.25, 0.3) is 0 Å². The maximum atomic E-state index is 11.7. The third-order valence-electron chi connectivity index (χ3n) is 3.02. The summed E-state index contributed by atoms with van der Waals surface area (Å²) in [7, 11) is 0. The average molecular weight is 318 g/mol. The van der Waals surface area contributed by atoms with E-state index in [-0.39, 0.29) is 0 Å². The van der Waals surface area contributed by atoms with Crippen LogP contribution in [-0.4, -0.2) is 46.6 Å². The Morgan fingerprint density at radius 3 is 1.23 bits per heavy atom. The molecule has 4 unspecified atom stereocenters. The van der Waals surface area contributed by atoms with E-state index in [1.165, 1.54) is 0 Å². The molecule has 0 aliphatic heterocycles. The third kappa shape index (κ3) is 8.34. The van der Waals surface area contributed by atoms with Crippen molar-refractivity contribution in [2.75, 3.05) is 0 Å². The van der Waals surface area contributed by atoms with Crippen LogP contribution in [0.3, 0.4) is 0 Å². The summed E-state index contributed by atoms with van der Waals surface area (Å²) in [4.78, 5) is 23.4. The van der Waals surface area contributed by atoms with Crippen molar-refractivity contribution in [3.8, 4) is 0 Å². The molecule has 0 fully saturated rings. The van der Waals surface area contributed by atoms with Gasteiger partial charge in [-0.3, -0.25) is 0 Å². The van der Waals surface area contributed by atoms with Crippen molar-refractivity contribution >= 4 is 11.9 Å². The van der Waals surface area contributed by atoms with Crippen molar-refractivity contribution in [1.29, 1.82) is 0 Å². The van der Waals surface area contributed by atoms with Gasteiger partial charge in [-0.1, -0.05) is 27.7 Å². The Hall–Kier alpha value is -1.14. The highest BCUT2D eigenvalue weighted by molar-refractivity contribution is 5.85. The first-order valence-electron chi connectivity index (χ1n) is 7.81. The van der Waals surface area contributed by atoms with Gasteiger partial charge in [0.15, 0.2) is 12.2 Å². The molecule has 0 saturated carbocycles. The molecule has 0 aliphatic carbocycles. The van der Waals surface area contributed by atoms with Crippen LogP contribution in [-0.2, 0) is 19.1 Å². The van der Waals surface area contributed by atoms with E-state index < -0.39 is 36.4 Å². The maximum Gasteiger partial charge on any atom is 0.338 e. The fourth-order valence-electron chi connectivity index (χ4n) is 2.22. The summed E-state index contributed by atoms with van der Waals surface area (Å²) in [6.45, 7) is 11.3. The number of rotatable bonds is 9. The van der Waals surface area contributed by atoms with Crippen molar-refractivity contribution in [2.24, 2.45) is 11.8 Å². The van der Waals surface area contributed by atoms with E-state index in [0.717, 1.165) is 0 Å². The van der Waals surface area contributed by atoms with Gasteiger partial charge in [-0.25, -0.2) is 9.59 Å². The average Bonchev–Trinajstić information content (AvgIpc) is 2.34. The molecule has 0 radical (unpaired) electrons. The monoisotopic (exact) mass is 318 g/mol. The third-order valence-corrected chi connectivity index (χ3v) is 3.02. The Bertz CT molecular complexity index is 319. The molecule has 130 valence electrons. The van der Waals surface area contributed by atoms with Crippen LogP contribution in [0.5, 0.6) is 0 Å². The lowest BCUT2D eigenvalue weighted by Crippen LogP contribution is -2.43. The molecule has 22 heavy (non-hydrogen) atoms. The van der Waals surface area contributed by atoms with Gasteiger partial charge in [0, 0.05) is 0 Å². The minimum Gasteiger partial charge on any atom is -0.461 e. The van der Waals surface area contributed by atoms with Crippen LogP contribution in [0.4, 0.5) is 0 Å². The summed E-state index contributed by atoms with van der Waals surface area (Å²) in [5.41, 5.74) is 0. The lowest BCUT2D eigenvalue weighted by Gasteiger charge is -2.21. The van der Waals surface area contributed by atoms with E-state index in [4.69, 9.17) is 9.47 Å². The molecule has 0 saturated heterocycles. The van der Waals surface area contributed by atoms with Crippen LogP contribution in [0, 0.1) is 11.8 Å². The van der Waals surface area contributed by atoms with Crippen molar-refractivity contribution in [3.63, 3.8) is 0 Å². The summed E-state index contributed by atoms with van der Waals surface area (Å²) in [6, 6.07) is 0. The molecule has 6 nitrogen and oxygen atoms in total. The summed E-state index contributed by atoms with van der Waals surface area (Å²) in [6.07, 6.45) is -3.41. The van der Waals surface area contributed by atoms with E-state index in [2.05, 4.69) is 0 Å². The molecule has 2 N–H and O–H groups in total. The van der Waals surface area contributed by atoms with E-state index in [1.54, 1.807) is 13.8 Å². The second-order valence-electron chi connectivity index (χ2n) is 6.64. The fraction of sp³-hybridized carbons (Fsp3) is 0.875. The van der Waals surface area contributed by atoms with Gasteiger partial charge in [0.05, 0.1) is 12.2 Å². The van der Waals surface area contributed by atoms with Gasteiger partial charge >= 0.3 is 11.9 Å². The van der Waals surface area contributed by atoms with Gasteiger partial charge in [-0.15, -0.1) is 0 Å². The SMILES string of the molecule is CC(C)CC(C)OC(=O)C(O)C(O)C(=O)OC(C)CC(C)C. The number of carbonyl (C=O) groups is 2. The number of aliphatic hydroxyl groups is 2. The lowest BCUT2D eigenvalue weighted by atomic mass is 10.1. The van der Waals surface area contributed by atoms with Crippen LogP contribution >= 0.6 is 0 Å². The first-order chi connectivity index (χ1) is 10.0. The molecule has 0 spiro atoms. The van der Waals surface area contributed by atoms with Gasteiger partial charge in [0.2, 0.25) is 0 Å². The van der Waals surface area contributed by atoms with Crippen LogP contribution in [0.1, 0.15) is 54.4 Å². The summed E-state index contributed by atoms with van der Waals surface area (Å²) >= 11 is 0. The fourth-order valence-corrected chi connectivity index (χ4v) is 2.22. The quantitative estimate of drug-likeness (QED) is 0.628. The highest BCUT2D eigenvalue weighted by Crippen LogP contribution is 2.12. The number of esters is 2. The largest absolute Gasteiger partial charge is 0.461 e. The molecule has 0 aromatic heterocycles. The van der Waals surface area contributed by atoms with E-state index in [0.29, 0.717) is 24.7 Å². The minimum atomic E-state index is -1.94. The number of aliphatic hydroxyl groups excluding tert-OH is 2. The number of hydrogen-bond donors (Lipinski definition) is 2. The highest BCUT2D eigenvalue weighted by atomic mass is 16.6. The second kappa shape index (κ2) is 9.79. The van der Waals surface area contributed by atoms with Crippen LogP contribution in [0.2, 0.25) is 0 Å². The van der Waals surface area contributed by atoms with Gasteiger partial charge in [-0.2, -0.15) is 0 Å². The lowest BCUT2D eigenvalue weighted by molar-refractivity contribution is -0.178. The van der Waals surface area contributed by atoms with Crippen molar-refractivity contribution < 1.29 is 29.3 Å². The first-order valence-corrected chi connectivity index (χ1v) is 7.81. The Balaban J connectivity index is 4.41. The number of carbonyl (C=O) groups excluding carboxylic acids is 2. The normalized spacial score (nSPS) is 17.0. The second-order valence-corrected chi connectivity index (χ2v) is 6.64. The summed E-state index contributed by atoms with van der Waals surface area (Å²) < 4.78 is 10.0. The van der Waals surface area contributed by atoms with E-state index >= 15 is 0 Å². The van der Waals surface area contributed by atoms with Gasteiger partial charge in [0.1, 0.15) is 0 Å². The predicted molar refractivity (Wildman–Crippen MR) is 82.0 cm³/mol. The molecule has 0 aliphatic rings. The molecule has 0 heterocycles.